The highest BCUT2D eigenvalue weighted by molar-refractivity contribution is 7.92. The molecule has 0 saturated carbocycles. The fraction of sp³-hybridized carbons (Fsp3) is 0.391. The van der Waals surface area contributed by atoms with E-state index in [4.69, 9.17) is 4.74 Å². The van der Waals surface area contributed by atoms with Gasteiger partial charge in [-0.05, 0) is 50.5 Å². The van der Waals surface area contributed by atoms with Crippen molar-refractivity contribution in [2.75, 3.05) is 35.0 Å². The summed E-state index contributed by atoms with van der Waals surface area (Å²) in [5, 5.41) is 2.79. The number of anilines is 2. The van der Waals surface area contributed by atoms with Gasteiger partial charge >= 0.3 is 0 Å². The Morgan fingerprint density at radius 2 is 1.72 bits per heavy atom. The quantitative estimate of drug-likeness (QED) is 0.745. The van der Waals surface area contributed by atoms with E-state index in [1.54, 1.807) is 60.4 Å². The zero-order chi connectivity index (χ0) is 22.7. The number of benzene rings is 2. The highest BCUT2D eigenvalue weighted by Gasteiger charge is 2.36. The van der Waals surface area contributed by atoms with Crippen molar-refractivity contribution in [2.45, 2.75) is 32.3 Å². The first-order valence-electron chi connectivity index (χ1n) is 10.9. The van der Waals surface area contributed by atoms with Gasteiger partial charge in [0.1, 0.15) is 5.75 Å². The summed E-state index contributed by atoms with van der Waals surface area (Å²) in [6.45, 7) is 2.83. The van der Waals surface area contributed by atoms with Crippen LogP contribution in [0.1, 0.15) is 36.5 Å². The Balaban J connectivity index is 1.57. The molecule has 2 heterocycles. The molecule has 2 aromatic rings. The second-order valence-corrected chi connectivity index (χ2v) is 10.1. The Morgan fingerprint density at radius 3 is 2.47 bits per heavy atom. The molecule has 2 amide bonds. The Hall–Kier alpha value is -3.07. The van der Waals surface area contributed by atoms with E-state index >= 15 is 0 Å². The molecule has 0 spiro atoms. The molecule has 1 N–H and O–H groups in total. The number of likely N-dealkylation sites (tertiary alicyclic amines) is 1. The van der Waals surface area contributed by atoms with Crippen LogP contribution in [0, 0.1) is 0 Å². The first kappa shape index (κ1) is 22.1. The molecule has 0 unspecified atom stereocenters. The molecule has 32 heavy (non-hydrogen) atoms. The van der Waals surface area contributed by atoms with E-state index in [-0.39, 0.29) is 18.2 Å². The number of hydrogen-bond acceptors (Lipinski definition) is 5. The summed E-state index contributed by atoms with van der Waals surface area (Å²) in [5.41, 5.74) is 1.22. The summed E-state index contributed by atoms with van der Waals surface area (Å²) < 4.78 is 32.4. The van der Waals surface area contributed by atoms with Crippen LogP contribution in [0.5, 0.6) is 5.75 Å². The van der Waals surface area contributed by atoms with Crippen molar-refractivity contribution < 1.29 is 22.7 Å². The summed E-state index contributed by atoms with van der Waals surface area (Å²) in [6.07, 6.45) is 2.00. The predicted octanol–water partition coefficient (Wildman–Crippen LogP) is 2.87. The number of amides is 2. The van der Waals surface area contributed by atoms with Crippen molar-refractivity contribution in [3.8, 4) is 5.75 Å². The van der Waals surface area contributed by atoms with Crippen LogP contribution in [0.3, 0.4) is 0 Å². The van der Waals surface area contributed by atoms with Gasteiger partial charge in [0.25, 0.3) is 11.8 Å². The molecule has 0 aromatic heterocycles. The monoisotopic (exact) mass is 457 g/mol. The van der Waals surface area contributed by atoms with Crippen molar-refractivity contribution in [3.05, 3.63) is 54.1 Å². The van der Waals surface area contributed by atoms with E-state index in [0.717, 1.165) is 19.3 Å². The second kappa shape index (κ2) is 9.20. The maximum absolute atomic E-state index is 13.1. The van der Waals surface area contributed by atoms with Gasteiger partial charge in [-0.15, -0.1) is 0 Å². The number of rotatable bonds is 5. The maximum Gasteiger partial charge on any atom is 0.267 e. The van der Waals surface area contributed by atoms with E-state index in [0.29, 0.717) is 35.8 Å². The molecule has 8 nitrogen and oxygen atoms in total. The SMILES string of the molecule is CCS(=O)(=O)N1C[C@@H](C(=O)Nc2ccccc2C(=O)N2CCCCC2)Oc2ccccc21. The third-order valence-corrected chi connectivity index (χ3v) is 7.53. The highest BCUT2D eigenvalue weighted by Crippen LogP contribution is 2.35. The van der Waals surface area contributed by atoms with E-state index in [9.17, 15) is 18.0 Å². The standard InChI is InChI=1S/C23H27N3O5S/c1-2-32(29,30)26-16-21(31-20-13-7-6-12-19(20)26)22(27)24-18-11-5-4-10-17(18)23(28)25-14-8-3-9-15-25/h4-7,10-13,21H,2-3,8-9,14-16H2,1H3,(H,24,27)/t21-/m0/s1. The predicted molar refractivity (Wildman–Crippen MR) is 122 cm³/mol. The Kier molecular flexibility index (Phi) is 6.36. The number of hydrogen-bond donors (Lipinski definition) is 1. The minimum Gasteiger partial charge on any atom is -0.476 e. The molecule has 1 fully saturated rings. The Bertz CT molecular complexity index is 1110. The van der Waals surface area contributed by atoms with Crippen LogP contribution in [-0.2, 0) is 14.8 Å². The summed E-state index contributed by atoms with van der Waals surface area (Å²) in [4.78, 5) is 27.9. The summed E-state index contributed by atoms with van der Waals surface area (Å²) in [6, 6.07) is 13.6. The number of carbonyl (C=O) groups excluding carboxylic acids is 2. The zero-order valence-electron chi connectivity index (χ0n) is 18.0. The molecular weight excluding hydrogens is 430 g/mol. The lowest BCUT2D eigenvalue weighted by Crippen LogP contribution is -2.49. The lowest BCUT2D eigenvalue weighted by atomic mass is 10.1. The number of carbonyl (C=O) groups is 2. The average molecular weight is 458 g/mol. The fourth-order valence-corrected chi connectivity index (χ4v) is 5.14. The number of nitrogens with zero attached hydrogens (tertiary/aromatic N) is 2. The van der Waals surface area contributed by atoms with Crippen molar-refractivity contribution in [1.29, 1.82) is 0 Å². The molecule has 1 atom stereocenters. The van der Waals surface area contributed by atoms with Crippen molar-refractivity contribution in [2.24, 2.45) is 0 Å². The molecule has 0 radical (unpaired) electrons. The maximum atomic E-state index is 13.1. The number of nitrogens with one attached hydrogen (secondary N) is 1. The first-order valence-corrected chi connectivity index (χ1v) is 12.5. The van der Waals surface area contributed by atoms with Gasteiger partial charge in [0.2, 0.25) is 10.0 Å². The van der Waals surface area contributed by atoms with E-state index in [2.05, 4.69) is 5.32 Å². The summed E-state index contributed by atoms with van der Waals surface area (Å²) in [7, 11) is -3.60. The lowest BCUT2D eigenvalue weighted by molar-refractivity contribution is -0.122. The highest BCUT2D eigenvalue weighted by atomic mass is 32.2. The molecule has 2 aliphatic rings. The minimum atomic E-state index is -3.60. The van der Waals surface area contributed by atoms with Gasteiger partial charge in [0.15, 0.2) is 6.10 Å². The van der Waals surface area contributed by atoms with Crippen LogP contribution in [0.4, 0.5) is 11.4 Å². The molecule has 9 heteroatoms. The Labute approximate surface area is 188 Å². The summed E-state index contributed by atoms with van der Waals surface area (Å²) >= 11 is 0. The van der Waals surface area contributed by atoms with Crippen LogP contribution in [0.2, 0.25) is 0 Å². The van der Waals surface area contributed by atoms with Crippen molar-refractivity contribution >= 4 is 33.2 Å². The van der Waals surface area contributed by atoms with E-state index in [1.807, 2.05) is 0 Å². The number of para-hydroxylation sites is 3. The number of ether oxygens (including phenoxy) is 1. The number of piperidine rings is 1. The van der Waals surface area contributed by atoms with Crippen LogP contribution in [0.25, 0.3) is 0 Å². The van der Waals surface area contributed by atoms with Crippen LogP contribution in [-0.4, -0.2) is 56.6 Å². The lowest BCUT2D eigenvalue weighted by Gasteiger charge is -2.34. The van der Waals surface area contributed by atoms with Gasteiger partial charge in [-0.2, -0.15) is 0 Å². The van der Waals surface area contributed by atoms with Gasteiger partial charge in [-0.3, -0.25) is 13.9 Å². The molecule has 170 valence electrons. The third-order valence-electron chi connectivity index (χ3n) is 5.79. The van der Waals surface area contributed by atoms with Crippen LogP contribution < -0.4 is 14.4 Å². The van der Waals surface area contributed by atoms with Crippen molar-refractivity contribution in [3.63, 3.8) is 0 Å². The van der Waals surface area contributed by atoms with Crippen molar-refractivity contribution in [1.82, 2.24) is 4.90 Å². The smallest absolute Gasteiger partial charge is 0.267 e. The fourth-order valence-electron chi connectivity index (χ4n) is 4.02. The molecule has 4 rings (SSSR count). The molecule has 0 bridgehead atoms. The molecular formula is C23H27N3O5S. The van der Waals surface area contributed by atoms with E-state index in [1.165, 1.54) is 4.31 Å². The van der Waals surface area contributed by atoms with Gasteiger partial charge in [-0.25, -0.2) is 8.42 Å². The summed E-state index contributed by atoms with van der Waals surface area (Å²) in [5.74, 6) is -0.392. The topological polar surface area (TPSA) is 96.0 Å². The van der Waals surface area contributed by atoms with Gasteiger partial charge < -0.3 is 15.0 Å². The number of fused-ring (bicyclic) bond motifs is 1. The van der Waals surface area contributed by atoms with Gasteiger partial charge in [0, 0.05) is 13.1 Å². The zero-order valence-corrected chi connectivity index (χ0v) is 18.8. The molecule has 2 aliphatic heterocycles. The number of sulfonamides is 1. The minimum absolute atomic E-state index is 0.0944. The third kappa shape index (κ3) is 4.43. The average Bonchev–Trinajstić information content (AvgIpc) is 2.83. The normalized spacial score (nSPS) is 18.5. The van der Waals surface area contributed by atoms with Gasteiger partial charge in [0.05, 0.1) is 29.2 Å². The first-order chi connectivity index (χ1) is 15.4. The second-order valence-electron chi connectivity index (χ2n) is 7.89. The molecule has 0 aliphatic carbocycles. The van der Waals surface area contributed by atoms with E-state index < -0.39 is 22.0 Å². The largest absolute Gasteiger partial charge is 0.476 e. The van der Waals surface area contributed by atoms with Crippen LogP contribution >= 0.6 is 0 Å². The van der Waals surface area contributed by atoms with Crippen LogP contribution in [0.15, 0.2) is 48.5 Å². The molecule has 2 aromatic carbocycles. The molecule has 1 saturated heterocycles. The van der Waals surface area contributed by atoms with Gasteiger partial charge in [-0.1, -0.05) is 24.3 Å². The Morgan fingerprint density at radius 1 is 1.03 bits per heavy atom.